The number of thioether (sulfide) groups is 1. The van der Waals surface area contributed by atoms with Gasteiger partial charge in [0.25, 0.3) is 0 Å². The molecule has 1 aliphatic heterocycles. The summed E-state index contributed by atoms with van der Waals surface area (Å²) in [6, 6.07) is 6.35. The molecule has 0 radical (unpaired) electrons. The number of β-amino-alcohol motifs (C(OH)–C–C–N with tert-alkyl or cyclic N) is 1. The first-order chi connectivity index (χ1) is 13.2. The van der Waals surface area contributed by atoms with Crippen LogP contribution in [0.25, 0.3) is 10.9 Å². The zero-order valence-electron chi connectivity index (χ0n) is 15.2. The normalized spacial score (nSPS) is 16.3. The molecule has 0 unspecified atom stereocenters. The maximum absolute atomic E-state index is 13.7. The van der Waals surface area contributed by atoms with Crippen molar-refractivity contribution in [3.63, 3.8) is 0 Å². The minimum Gasteiger partial charge on any atom is -0.382 e. The SMILES string of the molecule is Cc1nc(SCC(=O)c2ccc(C3(O)CN(C)C3)s2)c2cc(Cl)c(F)cc2n1. The minimum atomic E-state index is -0.855. The number of benzene rings is 1. The topological polar surface area (TPSA) is 66.3 Å². The second-order valence-corrected chi connectivity index (χ2v) is 9.39. The number of ketones is 1. The second kappa shape index (κ2) is 7.35. The van der Waals surface area contributed by atoms with Crippen molar-refractivity contribution >= 4 is 51.4 Å². The third kappa shape index (κ3) is 3.67. The molecule has 1 saturated heterocycles. The van der Waals surface area contributed by atoms with Gasteiger partial charge in [-0.25, -0.2) is 14.4 Å². The lowest BCUT2D eigenvalue weighted by Gasteiger charge is -2.43. The number of carbonyl (C=O) groups excluding carboxylic acids is 1. The lowest BCUT2D eigenvalue weighted by Crippen LogP contribution is -2.56. The number of nitrogens with zero attached hydrogens (tertiary/aromatic N) is 3. The quantitative estimate of drug-likeness (QED) is 0.371. The standard InChI is InChI=1S/C19H17ClFN3O2S2/c1-10-22-14-6-13(21)12(20)5-11(14)18(23-10)27-7-15(25)16-3-4-17(28-16)19(26)8-24(2)9-19/h3-6,26H,7-9H2,1-2H3. The van der Waals surface area contributed by atoms with E-state index in [4.69, 9.17) is 11.6 Å². The molecule has 3 heterocycles. The first kappa shape index (κ1) is 19.7. The number of aryl methyl sites for hydroxylation is 1. The summed E-state index contributed by atoms with van der Waals surface area (Å²) >= 11 is 8.50. The van der Waals surface area contributed by atoms with Gasteiger partial charge in [0.1, 0.15) is 22.3 Å². The monoisotopic (exact) mass is 437 g/mol. The number of carbonyl (C=O) groups is 1. The van der Waals surface area contributed by atoms with Crippen molar-refractivity contribution < 1.29 is 14.3 Å². The van der Waals surface area contributed by atoms with Gasteiger partial charge in [-0.3, -0.25) is 9.69 Å². The molecular formula is C19H17ClFN3O2S2. The van der Waals surface area contributed by atoms with Crippen LogP contribution in [-0.2, 0) is 5.60 Å². The van der Waals surface area contributed by atoms with E-state index in [-0.39, 0.29) is 16.6 Å². The fraction of sp³-hybridized carbons (Fsp3) is 0.316. The third-order valence-corrected chi connectivity index (χ3v) is 7.16. The first-order valence-electron chi connectivity index (χ1n) is 8.56. The Morgan fingerprint density at radius 1 is 1.39 bits per heavy atom. The maximum atomic E-state index is 13.7. The molecule has 1 N–H and O–H groups in total. The van der Waals surface area contributed by atoms with Crippen LogP contribution in [0.1, 0.15) is 20.4 Å². The molecule has 0 atom stereocenters. The predicted octanol–water partition coefficient (Wildman–Crippen LogP) is 3.90. The Morgan fingerprint density at radius 2 is 2.14 bits per heavy atom. The van der Waals surface area contributed by atoms with E-state index in [2.05, 4.69) is 9.97 Å². The highest BCUT2D eigenvalue weighted by atomic mass is 35.5. The number of halogens is 2. The zero-order valence-corrected chi connectivity index (χ0v) is 17.6. The van der Waals surface area contributed by atoms with E-state index >= 15 is 0 Å². The van der Waals surface area contributed by atoms with Crippen molar-refractivity contribution in [2.45, 2.75) is 17.6 Å². The molecule has 0 spiro atoms. The molecule has 5 nitrogen and oxygen atoms in total. The highest BCUT2D eigenvalue weighted by Gasteiger charge is 2.41. The van der Waals surface area contributed by atoms with Crippen LogP contribution in [0.15, 0.2) is 29.3 Å². The fourth-order valence-corrected chi connectivity index (χ4v) is 5.47. The van der Waals surface area contributed by atoms with Crippen LogP contribution in [0.4, 0.5) is 4.39 Å². The second-order valence-electron chi connectivity index (χ2n) is 6.94. The number of rotatable bonds is 5. The molecule has 2 aromatic heterocycles. The highest BCUT2D eigenvalue weighted by Crippen LogP contribution is 2.36. The lowest BCUT2D eigenvalue weighted by molar-refractivity contribution is -0.0891. The predicted molar refractivity (Wildman–Crippen MR) is 110 cm³/mol. The van der Waals surface area contributed by atoms with Crippen molar-refractivity contribution in [2.24, 2.45) is 0 Å². The number of Topliss-reactive ketones (excluding diaryl/α,β-unsaturated/α-hetero) is 1. The zero-order chi connectivity index (χ0) is 20.1. The molecule has 0 bridgehead atoms. The fourth-order valence-electron chi connectivity index (χ4n) is 3.26. The van der Waals surface area contributed by atoms with Gasteiger partial charge in [0.2, 0.25) is 0 Å². The van der Waals surface area contributed by atoms with Crippen LogP contribution in [0.5, 0.6) is 0 Å². The summed E-state index contributed by atoms with van der Waals surface area (Å²) in [6.45, 7) is 2.86. The number of hydrogen-bond donors (Lipinski definition) is 1. The van der Waals surface area contributed by atoms with Crippen LogP contribution in [0.3, 0.4) is 0 Å². The van der Waals surface area contributed by atoms with Crippen molar-refractivity contribution in [3.05, 3.63) is 50.7 Å². The van der Waals surface area contributed by atoms with E-state index in [0.29, 0.717) is 39.7 Å². The number of likely N-dealkylation sites (N-methyl/N-ethyl adjacent to an activating group) is 1. The number of fused-ring (bicyclic) bond motifs is 1. The average molecular weight is 438 g/mol. The van der Waals surface area contributed by atoms with E-state index in [1.54, 1.807) is 13.0 Å². The largest absolute Gasteiger partial charge is 0.382 e. The molecule has 1 fully saturated rings. The summed E-state index contributed by atoms with van der Waals surface area (Å²) in [5.41, 5.74) is -0.398. The van der Waals surface area contributed by atoms with Crippen LogP contribution in [0.2, 0.25) is 5.02 Å². The summed E-state index contributed by atoms with van der Waals surface area (Å²) < 4.78 is 13.7. The number of likely N-dealkylation sites (tertiary alicyclic amines) is 1. The lowest BCUT2D eigenvalue weighted by atomic mass is 9.93. The molecule has 0 aliphatic carbocycles. The third-order valence-electron chi connectivity index (χ3n) is 4.56. The molecule has 1 aromatic carbocycles. The van der Waals surface area contributed by atoms with Gasteiger partial charge in [-0.1, -0.05) is 23.4 Å². The van der Waals surface area contributed by atoms with Crippen molar-refractivity contribution in [1.82, 2.24) is 14.9 Å². The van der Waals surface area contributed by atoms with Crippen LogP contribution in [0, 0.1) is 12.7 Å². The van der Waals surface area contributed by atoms with Gasteiger partial charge in [-0.2, -0.15) is 0 Å². The number of aliphatic hydroxyl groups is 1. The van der Waals surface area contributed by atoms with E-state index in [9.17, 15) is 14.3 Å². The van der Waals surface area contributed by atoms with Crippen molar-refractivity contribution in [2.75, 3.05) is 25.9 Å². The molecule has 3 aromatic rings. The Morgan fingerprint density at radius 3 is 2.86 bits per heavy atom. The summed E-state index contributed by atoms with van der Waals surface area (Å²) in [6.07, 6.45) is 0. The summed E-state index contributed by atoms with van der Waals surface area (Å²) in [5, 5.41) is 11.7. The Balaban J connectivity index is 1.53. The number of aromatic nitrogens is 2. The van der Waals surface area contributed by atoms with Crippen molar-refractivity contribution in [3.8, 4) is 0 Å². The molecule has 0 amide bonds. The smallest absolute Gasteiger partial charge is 0.183 e. The van der Waals surface area contributed by atoms with Crippen molar-refractivity contribution in [1.29, 1.82) is 0 Å². The van der Waals surface area contributed by atoms with Gasteiger partial charge in [-0.05, 0) is 32.2 Å². The molecule has 1 aliphatic rings. The molecule has 4 rings (SSSR count). The molecular weight excluding hydrogens is 421 g/mol. The number of thiophene rings is 1. The van der Waals surface area contributed by atoms with E-state index < -0.39 is 11.4 Å². The summed E-state index contributed by atoms with van der Waals surface area (Å²) in [5.74, 6) is 0.0952. The van der Waals surface area contributed by atoms with Gasteiger partial charge in [0.15, 0.2) is 5.78 Å². The van der Waals surface area contributed by atoms with Crippen LogP contribution < -0.4 is 0 Å². The van der Waals surface area contributed by atoms with E-state index in [1.165, 1.54) is 35.2 Å². The van der Waals surface area contributed by atoms with Gasteiger partial charge < -0.3 is 5.11 Å². The summed E-state index contributed by atoms with van der Waals surface area (Å²) in [4.78, 5) is 24.7. The van der Waals surface area contributed by atoms with E-state index in [0.717, 1.165) is 4.88 Å². The Bertz CT molecular complexity index is 1080. The first-order valence-corrected chi connectivity index (χ1v) is 10.7. The maximum Gasteiger partial charge on any atom is 0.183 e. The molecule has 146 valence electrons. The minimum absolute atomic E-state index is 0.00487. The molecule has 9 heteroatoms. The number of hydrogen-bond acceptors (Lipinski definition) is 7. The van der Waals surface area contributed by atoms with Gasteiger partial charge in [-0.15, -0.1) is 11.3 Å². The Hall–Kier alpha value is -1.58. The summed E-state index contributed by atoms with van der Waals surface area (Å²) in [7, 11) is 1.94. The molecule has 28 heavy (non-hydrogen) atoms. The molecule has 0 saturated carbocycles. The van der Waals surface area contributed by atoms with Crippen LogP contribution in [-0.4, -0.2) is 51.6 Å². The average Bonchev–Trinajstić information content (AvgIpc) is 3.10. The van der Waals surface area contributed by atoms with Gasteiger partial charge >= 0.3 is 0 Å². The van der Waals surface area contributed by atoms with Crippen LogP contribution >= 0.6 is 34.7 Å². The Kier molecular flexibility index (Phi) is 5.18. The van der Waals surface area contributed by atoms with Gasteiger partial charge in [0, 0.05) is 29.4 Å². The van der Waals surface area contributed by atoms with E-state index in [1.807, 2.05) is 18.0 Å². The van der Waals surface area contributed by atoms with Gasteiger partial charge in [0.05, 0.1) is 21.2 Å². The highest BCUT2D eigenvalue weighted by molar-refractivity contribution is 8.00. The Labute approximate surface area is 174 Å².